The lowest BCUT2D eigenvalue weighted by Gasteiger charge is -2.29. The Morgan fingerprint density at radius 2 is 2.50 bits per heavy atom. The Morgan fingerprint density at radius 1 is 1.75 bits per heavy atom. The summed E-state index contributed by atoms with van der Waals surface area (Å²) in [6.45, 7) is 4.76. The molecule has 1 unspecified atom stereocenters. The Kier molecular flexibility index (Phi) is 3.72. The van der Waals surface area contributed by atoms with Crippen molar-refractivity contribution in [2.24, 2.45) is 0 Å². The highest BCUT2D eigenvalue weighted by Gasteiger charge is 2.18. The smallest absolute Gasteiger partial charge is 0.317 e. The standard InChI is InChI=1S/C8H16N2OS/c1-7(12-2)6-10-5-3-4-9-8(10)11/h7H,3-6H2,1-2H3,(H,9,11). The monoisotopic (exact) mass is 188 g/mol. The topological polar surface area (TPSA) is 32.3 Å². The molecule has 1 rings (SSSR count). The molecule has 0 saturated carbocycles. The molecule has 1 N–H and O–H groups in total. The molecule has 4 heteroatoms. The van der Waals surface area contributed by atoms with Gasteiger partial charge in [-0.25, -0.2) is 4.79 Å². The Labute approximate surface area is 77.9 Å². The molecule has 0 bridgehead atoms. The quantitative estimate of drug-likeness (QED) is 0.720. The van der Waals surface area contributed by atoms with Gasteiger partial charge in [0.05, 0.1) is 0 Å². The number of rotatable bonds is 3. The van der Waals surface area contributed by atoms with Gasteiger partial charge in [0.15, 0.2) is 0 Å². The number of hydrogen-bond donors (Lipinski definition) is 1. The van der Waals surface area contributed by atoms with Crippen molar-refractivity contribution in [3.63, 3.8) is 0 Å². The summed E-state index contributed by atoms with van der Waals surface area (Å²) in [4.78, 5) is 13.1. The van der Waals surface area contributed by atoms with E-state index in [2.05, 4.69) is 18.5 Å². The van der Waals surface area contributed by atoms with Crippen molar-refractivity contribution >= 4 is 17.8 Å². The van der Waals surface area contributed by atoms with Gasteiger partial charge in [0.2, 0.25) is 0 Å². The van der Waals surface area contributed by atoms with Crippen LogP contribution in [0.2, 0.25) is 0 Å². The fraction of sp³-hybridized carbons (Fsp3) is 0.875. The second-order valence-electron chi connectivity index (χ2n) is 3.08. The van der Waals surface area contributed by atoms with Crippen LogP contribution in [0.25, 0.3) is 0 Å². The maximum absolute atomic E-state index is 11.3. The van der Waals surface area contributed by atoms with Crippen molar-refractivity contribution in [2.75, 3.05) is 25.9 Å². The van der Waals surface area contributed by atoms with E-state index < -0.39 is 0 Å². The van der Waals surface area contributed by atoms with Crippen molar-refractivity contribution in [1.29, 1.82) is 0 Å². The third kappa shape index (κ3) is 2.59. The van der Waals surface area contributed by atoms with E-state index in [9.17, 15) is 4.79 Å². The Balaban J connectivity index is 2.34. The zero-order valence-corrected chi connectivity index (χ0v) is 8.49. The number of thioether (sulfide) groups is 1. The van der Waals surface area contributed by atoms with Crippen LogP contribution in [0.4, 0.5) is 4.79 Å². The van der Waals surface area contributed by atoms with E-state index in [0.717, 1.165) is 26.1 Å². The summed E-state index contributed by atoms with van der Waals surface area (Å²) < 4.78 is 0. The van der Waals surface area contributed by atoms with Crippen molar-refractivity contribution in [3.05, 3.63) is 0 Å². The highest BCUT2D eigenvalue weighted by molar-refractivity contribution is 7.99. The van der Waals surface area contributed by atoms with E-state index in [0.29, 0.717) is 5.25 Å². The number of hydrogen-bond acceptors (Lipinski definition) is 2. The first-order valence-electron chi connectivity index (χ1n) is 4.29. The summed E-state index contributed by atoms with van der Waals surface area (Å²) in [5, 5.41) is 3.38. The Bertz CT molecular complexity index is 163. The van der Waals surface area contributed by atoms with Gasteiger partial charge in [-0.05, 0) is 12.7 Å². The van der Waals surface area contributed by atoms with E-state index in [1.165, 1.54) is 0 Å². The zero-order chi connectivity index (χ0) is 8.97. The number of carbonyl (C=O) groups excluding carboxylic acids is 1. The van der Waals surface area contributed by atoms with E-state index in [-0.39, 0.29) is 6.03 Å². The minimum atomic E-state index is 0.0992. The van der Waals surface area contributed by atoms with Gasteiger partial charge in [-0.1, -0.05) is 6.92 Å². The third-order valence-electron chi connectivity index (χ3n) is 2.05. The minimum absolute atomic E-state index is 0.0992. The lowest BCUT2D eigenvalue weighted by atomic mass is 10.3. The van der Waals surface area contributed by atoms with Gasteiger partial charge in [0.25, 0.3) is 0 Å². The molecule has 0 aromatic carbocycles. The van der Waals surface area contributed by atoms with Crippen LogP contribution in [-0.2, 0) is 0 Å². The highest BCUT2D eigenvalue weighted by Crippen LogP contribution is 2.09. The molecule has 3 nitrogen and oxygen atoms in total. The fourth-order valence-electron chi connectivity index (χ4n) is 1.24. The number of carbonyl (C=O) groups is 1. The van der Waals surface area contributed by atoms with Crippen molar-refractivity contribution < 1.29 is 4.79 Å². The van der Waals surface area contributed by atoms with Crippen LogP contribution in [0, 0.1) is 0 Å². The van der Waals surface area contributed by atoms with E-state index in [1.54, 1.807) is 11.8 Å². The van der Waals surface area contributed by atoms with Gasteiger partial charge < -0.3 is 10.2 Å². The zero-order valence-electron chi connectivity index (χ0n) is 7.67. The fourth-order valence-corrected chi connectivity index (χ4v) is 1.57. The van der Waals surface area contributed by atoms with Crippen molar-refractivity contribution in [2.45, 2.75) is 18.6 Å². The minimum Gasteiger partial charge on any atom is -0.338 e. The van der Waals surface area contributed by atoms with Crippen LogP contribution >= 0.6 is 11.8 Å². The molecule has 1 atom stereocenters. The number of nitrogens with zero attached hydrogens (tertiary/aromatic N) is 1. The molecule has 1 fully saturated rings. The summed E-state index contributed by atoms with van der Waals surface area (Å²) in [5.41, 5.74) is 0. The summed E-state index contributed by atoms with van der Waals surface area (Å²) in [7, 11) is 0. The van der Waals surface area contributed by atoms with Gasteiger partial charge in [-0.2, -0.15) is 11.8 Å². The van der Waals surface area contributed by atoms with Crippen molar-refractivity contribution in [1.82, 2.24) is 10.2 Å². The normalized spacial score (nSPS) is 20.5. The molecular weight excluding hydrogens is 172 g/mol. The van der Waals surface area contributed by atoms with Crippen molar-refractivity contribution in [3.8, 4) is 0 Å². The molecule has 0 aliphatic carbocycles. The highest BCUT2D eigenvalue weighted by atomic mass is 32.2. The summed E-state index contributed by atoms with van der Waals surface area (Å²) >= 11 is 1.80. The number of urea groups is 1. The summed E-state index contributed by atoms with van der Waals surface area (Å²) in [5.74, 6) is 0. The maximum atomic E-state index is 11.3. The van der Waals surface area contributed by atoms with Gasteiger partial charge in [-0.3, -0.25) is 0 Å². The summed E-state index contributed by atoms with van der Waals surface area (Å²) in [6.07, 6.45) is 3.15. The van der Waals surface area contributed by atoms with Crippen LogP contribution in [0.1, 0.15) is 13.3 Å². The van der Waals surface area contributed by atoms with E-state index in [4.69, 9.17) is 0 Å². The lowest BCUT2D eigenvalue weighted by Crippen LogP contribution is -2.48. The van der Waals surface area contributed by atoms with Crippen LogP contribution in [0.3, 0.4) is 0 Å². The number of nitrogens with one attached hydrogen (secondary N) is 1. The largest absolute Gasteiger partial charge is 0.338 e. The molecule has 0 radical (unpaired) electrons. The van der Waals surface area contributed by atoms with Crippen LogP contribution in [0.15, 0.2) is 0 Å². The van der Waals surface area contributed by atoms with E-state index >= 15 is 0 Å². The predicted octanol–water partition coefficient (Wildman–Crippen LogP) is 1.15. The molecule has 0 aromatic heterocycles. The lowest BCUT2D eigenvalue weighted by molar-refractivity contribution is 0.187. The molecule has 1 aliphatic heterocycles. The molecule has 1 heterocycles. The molecule has 1 aliphatic rings. The van der Waals surface area contributed by atoms with Crippen LogP contribution in [0.5, 0.6) is 0 Å². The Hall–Kier alpha value is -0.380. The molecule has 0 aromatic rings. The molecule has 0 spiro atoms. The first-order chi connectivity index (χ1) is 5.74. The third-order valence-corrected chi connectivity index (χ3v) is 3.00. The molecule has 70 valence electrons. The summed E-state index contributed by atoms with van der Waals surface area (Å²) in [6, 6.07) is 0.0992. The van der Waals surface area contributed by atoms with Crippen LogP contribution in [-0.4, -0.2) is 42.1 Å². The van der Waals surface area contributed by atoms with Gasteiger partial charge in [0.1, 0.15) is 0 Å². The second-order valence-corrected chi connectivity index (χ2v) is 4.35. The Morgan fingerprint density at radius 3 is 3.08 bits per heavy atom. The second kappa shape index (κ2) is 4.60. The molecule has 1 saturated heterocycles. The first-order valence-corrected chi connectivity index (χ1v) is 5.58. The van der Waals surface area contributed by atoms with Gasteiger partial charge in [-0.15, -0.1) is 0 Å². The maximum Gasteiger partial charge on any atom is 0.317 e. The predicted molar refractivity (Wildman–Crippen MR) is 52.6 cm³/mol. The molecular formula is C8H16N2OS. The van der Waals surface area contributed by atoms with Gasteiger partial charge in [0, 0.05) is 24.9 Å². The number of amides is 2. The SMILES string of the molecule is CSC(C)CN1CCCNC1=O. The average molecular weight is 188 g/mol. The molecule has 12 heavy (non-hydrogen) atoms. The molecule has 2 amide bonds. The first kappa shape index (κ1) is 9.71. The van der Waals surface area contributed by atoms with E-state index in [1.807, 2.05) is 4.90 Å². The average Bonchev–Trinajstić information content (AvgIpc) is 2.09. The van der Waals surface area contributed by atoms with Gasteiger partial charge >= 0.3 is 6.03 Å². The van der Waals surface area contributed by atoms with Crippen LogP contribution < -0.4 is 5.32 Å².